The second kappa shape index (κ2) is 9.33. The molecule has 0 heteroatoms. The first-order valence-corrected chi connectivity index (χ1v) is 10.1. The maximum absolute atomic E-state index is 2.61. The lowest BCUT2D eigenvalue weighted by molar-refractivity contribution is -0.0395. The zero-order chi connectivity index (χ0) is 17.4. The Kier molecular flexibility index (Phi) is 9.33. The van der Waals surface area contributed by atoms with Crippen LogP contribution in [0.1, 0.15) is 120 Å². The zero-order valence-electron chi connectivity index (χ0n) is 17.4. The molecule has 134 valence electrons. The molecule has 0 heterocycles. The molecule has 0 aromatic rings. The summed E-state index contributed by atoms with van der Waals surface area (Å²) in [5.41, 5.74) is 1.34. The Morgan fingerprint density at radius 1 is 0.727 bits per heavy atom. The maximum Gasteiger partial charge on any atom is -0.0241 e. The predicted octanol–water partition coefficient (Wildman–Crippen LogP) is 8.25. The summed E-state index contributed by atoms with van der Waals surface area (Å²) >= 11 is 0. The van der Waals surface area contributed by atoms with Crippen LogP contribution in [0.4, 0.5) is 0 Å². The van der Waals surface area contributed by atoms with Gasteiger partial charge in [-0.3, -0.25) is 0 Å². The minimum Gasteiger partial charge on any atom is -0.0654 e. The molecule has 3 unspecified atom stereocenters. The molecular formula is C22H46. The van der Waals surface area contributed by atoms with Crippen molar-refractivity contribution < 1.29 is 0 Å². The molecule has 0 aliphatic heterocycles. The molecular weight excluding hydrogens is 264 g/mol. The van der Waals surface area contributed by atoms with Crippen LogP contribution in [0.2, 0.25) is 0 Å². The van der Waals surface area contributed by atoms with Gasteiger partial charge in [-0.2, -0.15) is 0 Å². The normalized spacial score (nSPS) is 19.5. The summed E-state index contributed by atoms with van der Waals surface area (Å²) < 4.78 is 0. The highest BCUT2D eigenvalue weighted by molar-refractivity contribution is 4.97. The van der Waals surface area contributed by atoms with Crippen molar-refractivity contribution in [2.24, 2.45) is 22.2 Å². The quantitative estimate of drug-likeness (QED) is 0.337. The van der Waals surface area contributed by atoms with E-state index in [1.807, 2.05) is 0 Å². The highest BCUT2D eigenvalue weighted by Gasteiger charge is 2.47. The molecule has 0 spiro atoms. The highest BCUT2D eigenvalue weighted by Crippen LogP contribution is 2.57. The van der Waals surface area contributed by atoms with Crippen molar-refractivity contribution in [2.75, 3.05) is 0 Å². The summed E-state index contributed by atoms with van der Waals surface area (Å²) in [5, 5.41) is 0. The largest absolute Gasteiger partial charge is 0.0654 e. The van der Waals surface area contributed by atoms with Crippen molar-refractivity contribution in [2.45, 2.75) is 120 Å². The average molecular weight is 311 g/mol. The second-order valence-electron chi connectivity index (χ2n) is 9.59. The Balaban J connectivity index is 5.36. The molecule has 0 fully saturated rings. The van der Waals surface area contributed by atoms with Crippen LogP contribution in [0, 0.1) is 22.2 Å². The van der Waals surface area contributed by atoms with Gasteiger partial charge in [0.1, 0.15) is 0 Å². The summed E-state index contributed by atoms with van der Waals surface area (Å²) in [6.45, 7) is 22.1. The second-order valence-corrected chi connectivity index (χ2v) is 9.59. The summed E-state index contributed by atoms with van der Waals surface area (Å²) in [5.74, 6) is 0.800. The Bertz CT molecular complexity index is 285. The first-order valence-electron chi connectivity index (χ1n) is 10.1. The van der Waals surface area contributed by atoms with Crippen LogP contribution in [0.5, 0.6) is 0 Å². The lowest BCUT2D eigenvalue weighted by atomic mass is 9.51. The van der Waals surface area contributed by atoms with E-state index in [1.54, 1.807) is 0 Å². The Morgan fingerprint density at radius 2 is 1.32 bits per heavy atom. The average Bonchev–Trinajstić information content (AvgIpc) is 2.41. The monoisotopic (exact) mass is 310 g/mol. The van der Waals surface area contributed by atoms with Crippen LogP contribution in [0.3, 0.4) is 0 Å². The fourth-order valence-electron chi connectivity index (χ4n) is 4.72. The predicted molar refractivity (Wildman–Crippen MR) is 103 cm³/mol. The van der Waals surface area contributed by atoms with E-state index in [4.69, 9.17) is 0 Å². The van der Waals surface area contributed by atoms with Crippen LogP contribution < -0.4 is 0 Å². The molecule has 0 amide bonds. The minimum atomic E-state index is 0.413. The van der Waals surface area contributed by atoms with Gasteiger partial charge in [-0.1, -0.05) is 101 Å². The molecule has 0 bridgehead atoms. The minimum absolute atomic E-state index is 0.413. The number of rotatable bonds is 11. The van der Waals surface area contributed by atoms with Gasteiger partial charge in [0.2, 0.25) is 0 Å². The van der Waals surface area contributed by atoms with Crippen LogP contribution in [-0.4, -0.2) is 0 Å². The first kappa shape index (κ1) is 22.0. The van der Waals surface area contributed by atoms with Crippen molar-refractivity contribution in [1.82, 2.24) is 0 Å². The van der Waals surface area contributed by atoms with Crippen molar-refractivity contribution >= 4 is 0 Å². The maximum atomic E-state index is 2.61. The fourth-order valence-corrected chi connectivity index (χ4v) is 4.72. The number of unbranched alkanes of at least 4 members (excludes halogenated alkanes) is 3. The molecule has 0 aliphatic carbocycles. The standard InChI is InChI=1S/C22H46/c1-10-13-14-15-17-21(8,16-11-2)22(9,19(4)12-3)18-20(5,6)7/h19H,10-18H2,1-9H3. The fraction of sp³-hybridized carbons (Fsp3) is 1.00. The molecule has 0 N–H and O–H groups in total. The van der Waals surface area contributed by atoms with E-state index in [2.05, 4.69) is 62.3 Å². The van der Waals surface area contributed by atoms with Gasteiger partial charge in [0.05, 0.1) is 0 Å². The lowest BCUT2D eigenvalue weighted by Crippen LogP contribution is -2.45. The molecule has 0 aliphatic rings. The Labute approximate surface area is 142 Å². The van der Waals surface area contributed by atoms with E-state index in [-0.39, 0.29) is 0 Å². The molecule has 0 aromatic heterocycles. The van der Waals surface area contributed by atoms with Gasteiger partial charge >= 0.3 is 0 Å². The van der Waals surface area contributed by atoms with Gasteiger partial charge in [-0.05, 0) is 41.4 Å². The van der Waals surface area contributed by atoms with Gasteiger partial charge in [0.25, 0.3) is 0 Å². The van der Waals surface area contributed by atoms with Crippen LogP contribution in [0.15, 0.2) is 0 Å². The topological polar surface area (TPSA) is 0 Å². The Morgan fingerprint density at radius 3 is 1.73 bits per heavy atom. The van der Waals surface area contributed by atoms with Crippen molar-refractivity contribution in [3.8, 4) is 0 Å². The Hall–Kier alpha value is 0. The molecule has 0 aromatic carbocycles. The zero-order valence-corrected chi connectivity index (χ0v) is 17.4. The third kappa shape index (κ3) is 6.25. The third-order valence-electron chi connectivity index (χ3n) is 6.36. The molecule has 0 rings (SSSR count). The van der Waals surface area contributed by atoms with Crippen molar-refractivity contribution in [3.05, 3.63) is 0 Å². The van der Waals surface area contributed by atoms with Crippen LogP contribution >= 0.6 is 0 Å². The lowest BCUT2D eigenvalue weighted by Gasteiger charge is -2.53. The summed E-state index contributed by atoms with van der Waals surface area (Å²) in [4.78, 5) is 0. The molecule has 0 radical (unpaired) electrons. The van der Waals surface area contributed by atoms with Gasteiger partial charge < -0.3 is 0 Å². The first-order chi connectivity index (χ1) is 10.1. The van der Waals surface area contributed by atoms with Crippen LogP contribution in [0.25, 0.3) is 0 Å². The number of hydrogen-bond donors (Lipinski definition) is 0. The van der Waals surface area contributed by atoms with Crippen molar-refractivity contribution in [3.63, 3.8) is 0 Å². The number of hydrogen-bond acceptors (Lipinski definition) is 0. The van der Waals surface area contributed by atoms with E-state index in [1.165, 1.54) is 57.8 Å². The van der Waals surface area contributed by atoms with E-state index >= 15 is 0 Å². The van der Waals surface area contributed by atoms with Gasteiger partial charge in [-0.25, -0.2) is 0 Å². The summed E-state index contributed by atoms with van der Waals surface area (Å²) in [7, 11) is 0. The molecule has 0 saturated carbocycles. The molecule has 0 nitrogen and oxygen atoms in total. The summed E-state index contributed by atoms with van der Waals surface area (Å²) in [6.07, 6.45) is 12.4. The van der Waals surface area contributed by atoms with Gasteiger partial charge in [-0.15, -0.1) is 0 Å². The van der Waals surface area contributed by atoms with Gasteiger partial charge in [0.15, 0.2) is 0 Å². The molecule has 22 heavy (non-hydrogen) atoms. The molecule has 3 atom stereocenters. The molecule has 0 saturated heterocycles. The SMILES string of the molecule is CCCCCCC(C)(CCC)C(C)(CC(C)(C)C)C(C)CC. The third-order valence-corrected chi connectivity index (χ3v) is 6.36. The van der Waals surface area contributed by atoms with E-state index < -0.39 is 0 Å². The van der Waals surface area contributed by atoms with Gasteiger partial charge in [0, 0.05) is 0 Å². The van der Waals surface area contributed by atoms with Crippen molar-refractivity contribution in [1.29, 1.82) is 0 Å². The van der Waals surface area contributed by atoms with E-state index in [0.29, 0.717) is 16.2 Å². The van der Waals surface area contributed by atoms with E-state index in [9.17, 15) is 0 Å². The summed E-state index contributed by atoms with van der Waals surface area (Å²) in [6, 6.07) is 0. The smallest absolute Gasteiger partial charge is 0.0241 e. The van der Waals surface area contributed by atoms with Crippen LogP contribution in [-0.2, 0) is 0 Å². The van der Waals surface area contributed by atoms with E-state index in [0.717, 1.165) is 5.92 Å². The highest BCUT2D eigenvalue weighted by atomic mass is 14.5.